The van der Waals surface area contributed by atoms with Gasteiger partial charge in [-0.25, -0.2) is 0 Å². The number of ether oxygens (including phenoxy) is 1. The number of nitrogens with zero attached hydrogens (tertiary/aromatic N) is 2. The Balaban J connectivity index is 2.87. The molecule has 0 amide bonds. The van der Waals surface area contributed by atoms with Gasteiger partial charge in [-0.3, -0.25) is 14.6 Å². The van der Waals surface area contributed by atoms with Crippen LogP contribution >= 0.6 is 0 Å². The van der Waals surface area contributed by atoms with Crippen LogP contribution in [-0.4, -0.2) is 23.3 Å². The summed E-state index contributed by atoms with van der Waals surface area (Å²) in [7, 11) is 0. The fourth-order valence-electron chi connectivity index (χ4n) is 1.10. The summed E-state index contributed by atoms with van der Waals surface area (Å²) in [6, 6.07) is 6.32. The first-order valence-electron chi connectivity index (χ1n) is 4.72. The van der Waals surface area contributed by atoms with Crippen molar-refractivity contribution in [3.05, 3.63) is 30.1 Å². The maximum Gasteiger partial charge on any atom is 0.331 e. The van der Waals surface area contributed by atoms with Crippen molar-refractivity contribution in [3.63, 3.8) is 0 Å². The molecule has 0 spiro atoms. The highest BCUT2D eigenvalue weighted by molar-refractivity contribution is 6.09. The standard InChI is InChI=1S/C11H10N2O3/c1-2-16-11(15)8(7-12)10(14)9-5-3-4-6-13-9/h3-6,8H,2H2,1H3. The molecule has 1 atom stereocenters. The van der Waals surface area contributed by atoms with Crippen LogP contribution in [0.4, 0.5) is 0 Å². The van der Waals surface area contributed by atoms with E-state index in [0.29, 0.717) is 0 Å². The molecule has 5 nitrogen and oxygen atoms in total. The van der Waals surface area contributed by atoms with E-state index in [1.54, 1.807) is 25.1 Å². The molecular formula is C11H10N2O3. The fraction of sp³-hybridized carbons (Fsp3) is 0.273. The Morgan fingerprint density at radius 3 is 2.81 bits per heavy atom. The first-order chi connectivity index (χ1) is 7.70. The summed E-state index contributed by atoms with van der Waals surface area (Å²) in [4.78, 5) is 26.8. The van der Waals surface area contributed by atoms with Crippen LogP contribution in [0.15, 0.2) is 24.4 Å². The third kappa shape index (κ3) is 2.64. The van der Waals surface area contributed by atoms with Crippen molar-refractivity contribution < 1.29 is 14.3 Å². The van der Waals surface area contributed by atoms with Crippen LogP contribution in [-0.2, 0) is 9.53 Å². The molecule has 0 fully saturated rings. The number of nitriles is 1. The summed E-state index contributed by atoms with van der Waals surface area (Å²) >= 11 is 0. The number of esters is 1. The zero-order valence-electron chi connectivity index (χ0n) is 8.71. The van der Waals surface area contributed by atoms with Gasteiger partial charge in [0.25, 0.3) is 0 Å². The topological polar surface area (TPSA) is 80.0 Å². The van der Waals surface area contributed by atoms with Gasteiger partial charge in [0.1, 0.15) is 5.69 Å². The normalized spacial score (nSPS) is 11.2. The Kier molecular flexibility index (Phi) is 4.16. The van der Waals surface area contributed by atoms with E-state index in [1.807, 2.05) is 0 Å². The maximum absolute atomic E-state index is 11.7. The molecule has 0 aliphatic heterocycles. The van der Waals surface area contributed by atoms with Crippen LogP contribution in [0.5, 0.6) is 0 Å². The molecule has 16 heavy (non-hydrogen) atoms. The average Bonchev–Trinajstić information content (AvgIpc) is 2.31. The number of Topliss-reactive ketones (excluding diaryl/α,β-unsaturated/α-hetero) is 1. The number of carbonyl (C=O) groups is 2. The lowest BCUT2D eigenvalue weighted by Gasteiger charge is -2.06. The van der Waals surface area contributed by atoms with E-state index >= 15 is 0 Å². The summed E-state index contributed by atoms with van der Waals surface area (Å²) in [5, 5.41) is 8.76. The van der Waals surface area contributed by atoms with E-state index in [0.717, 1.165) is 0 Å². The number of aromatic nitrogens is 1. The molecule has 0 aliphatic rings. The van der Waals surface area contributed by atoms with Crippen LogP contribution in [0.2, 0.25) is 0 Å². The van der Waals surface area contributed by atoms with Crippen molar-refractivity contribution in [1.29, 1.82) is 5.26 Å². The van der Waals surface area contributed by atoms with Gasteiger partial charge in [0.15, 0.2) is 0 Å². The Labute approximate surface area is 92.7 Å². The van der Waals surface area contributed by atoms with Crippen molar-refractivity contribution in [3.8, 4) is 6.07 Å². The Morgan fingerprint density at radius 1 is 1.56 bits per heavy atom. The Bertz CT molecular complexity index is 423. The Morgan fingerprint density at radius 2 is 2.31 bits per heavy atom. The van der Waals surface area contributed by atoms with Crippen LogP contribution < -0.4 is 0 Å². The van der Waals surface area contributed by atoms with E-state index in [1.165, 1.54) is 12.3 Å². The quantitative estimate of drug-likeness (QED) is 0.427. The molecule has 1 unspecified atom stereocenters. The minimum absolute atomic E-state index is 0.0853. The van der Waals surface area contributed by atoms with Gasteiger partial charge >= 0.3 is 5.97 Å². The highest BCUT2D eigenvalue weighted by Gasteiger charge is 2.29. The number of pyridine rings is 1. The van der Waals surface area contributed by atoms with Crippen molar-refractivity contribution in [1.82, 2.24) is 4.98 Å². The zero-order valence-corrected chi connectivity index (χ0v) is 8.71. The highest BCUT2D eigenvalue weighted by Crippen LogP contribution is 2.07. The fourth-order valence-corrected chi connectivity index (χ4v) is 1.10. The highest BCUT2D eigenvalue weighted by atomic mass is 16.5. The third-order valence-corrected chi connectivity index (χ3v) is 1.83. The summed E-state index contributed by atoms with van der Waals surface area (Å²) < 4.78 is 4.63. The summed E-state index contributed by atoms with van der Waals surface area (Å²) in [6.07, 6.45) is 1.42. The molecule has 0 radical (unpaired) electrons. The lowest BCUT2D eigenvalue weighted by Crippen LogP contribution is -2.25. The van der Waals surface area contributed by atoms with Crippen molar-refractivity contribution in [2.75, 3.05) is 6.61 Å². The molecular weight excluding hydrogens is 208 g/mol. The second kappa shape index (κ2) is 5.61. The first-order valence-corrected chi connectivity index (χ1v) is 4.72. The minimum Gasteiger partial charge on any atom is -0.465 e. The third-order valence-electron chi connectivity index (χ3n) is 1.83. The van der Waals surface area contributed by atoms with Gasteiger partial charge in [-0.05, 0) is 19.1 Å². The number of hydrogen-bond donors (Lipinski definition) is 0. The molecule has 0 N–H and O–H groups in total. The molecule has 5 heteroatoms. The number of carbonyl (C=O) groups excluding carboxylic acids is 2. The molecule has 0 saturated carbocycles. The smallest absolute Gasteiger partial charge is 0.331 e. The second-order valence-electron chi connectivity index (χ2n) is 2.89. The van der Waals surface area contributed by atoms with Crippen molar-refractivity contribution in [2.45, 2.75) is 6.92 Å². The lowest BCUT2D eigenvalue weighted by molar-refractivity contribution is -0.144. The number of ketones is 1. The second-order valence-corrected chi connectivity index (χ2v) is 2.89. The molecule has 1 rings (SSSR count). The maximum atomic E-state index is 11.7. The molecule has 0 aromatic carbocycles. The first kappa shape index (κ1) is 11.9. The van der Waals surface area contributed by atoms with Gasteiger partial charge in [-0.15, -0.1) is 0 Å². The number of rotatable bonds is 4. The molecule has 0 bridgehead atoms. The van der Waals surface area contributed by atoms with Crippen LogP contribution in [0, 0.1) is 17.2 Å². The predicted octanol–water partition coefficient (Wildman–Crippen LogP) is 0.967. The average molecular weight is 218 g/mol. The van der Waals surface area contributed by atoms with Gasteiger partial charge in [-0.2, -0.15) is 5.26 Å². The van der Waals surface area contributed by atoms with E-state index in [4.69, 9.17) is 5.26 Å². The van der Waals surface area contributed by atoms with Gasteiger partial charge in [0.05, 0.1) is 12.7 Å². The minimum atomic E-state index is -1.44. The SMILES string of the molecule is CCOC(=O)C(C#N)C(=O)c1ccccn1. The summed E-state index contributed by atoms with van der Waals surface area (Å²) in [5.74, 6) is -2.91. The van der Waals surface area contributed by atoms with E-state index in [9.17, 15) is 9.59 Å². The molecule has 1 heterocycles. The summed E-state index contributed by atoms with van der Waals surface area (Å²) in [6.45, 7) is 1.74. The zero-order chi connectivity index (χ0) is 12.0. The number of hydrogen-bond acceptors (Lipinski definition) is 5. The van der Waals surface area contributed by atoms with Gasteiger partial charge < -0.3 is 4.74 Å². The van der Waals surface area contributed by atoms with Crippen molar-refractivity contribution >= 4 is 11.8 Å². The van der Waals surface area contributed by atoms with Gasteiger partial charge in [-0.1, -0.05) is 6.07 Å². The summed E-state index contributed by atoms with van der Waals surface area (Å²) in [5.41, 5.74) is 0.0853. The van der Waals surface area contributed by atoms with E-state index < -0.39 is 17.7 Å². The van der Waals surface area contributed by atoms with Crippen LogP contribution in [0.1, 0.15) is 17.4 Å². The molecule has 0 aliphatic carbocycles. The van der Waals surface area contributed by atoms with E-state index in [2.05, 4.69) is 9.72 Å². The Hall–Kier alpha value is -2.22. The largest absolute Gasteiger partial charge is 0.465 e. The van der Waals surface area contributed by atoms with Crippen molar-refractivity contribution in [2.24, 2.45) is 5.92 Å². The molecule has 82 valence electrons. The van der Waals surface area contributed by atoms with E-state index in [-0.39, 0.29) is 12.3 Å². The monoisotopic (exact) mass is 218 g/mol. The van der Waals surface area contributed by atoms with Gasteiger partial charge in [0.2, 0.25) is 11.7 Å². The predicted molar refractivity (Wildman–Crippen MR) is 54.3 cm³/mol. The molecule has 0 saturated heterocycles. The van der Waals surface area contributed by atoms with Crippen LogP contribution in [0.25, 0.3) is 0 Å². The lowest BCUT2D eigenvalue weighted by atomic mass is 10.0. The molecule has 1 aromatic rings. The van der Waals surface area contributed by atoms with Gasteiger partial charge in [0, 0.05) is 6.20 Å². The molecule has 1 aromatic heterocycles. The van der Waals surface area contributed by atoms with Crippen LogP contribution in [0.3, 0.4) is 0 Å².